The Bertz CT molecular complexity index is 534. The predicted molar refractivity (Wildman–Crippen MR) is 60.9 cm³/mol. The molecular formula is C11H10N2O4. The zero-order valence-electron chi connectivity index (χ0n) is 9.04. The van der Waals surface area contributed by atoms with Crippen LogP contribution in [0.5, 0.6) is 11.5 Å². The Labute approximate surface area is 97.1 Å². The molecular weight excluding hydrogens is 224 g/mol. The number of allylic oxidation sites excluding steroid dienone is 2. The fraction of sp³-hybridized carbons (Fsp3) is 0.0909. The van der Waals surface area contributed by atoms with Gasteiger partial charge in [-0.05, 0) is 6.07 Å². The molecule has 0 unspecified atom stereocenters. The summed E-state index contributed by atoms with van der Waals surface area (Å²) in [5.74, 6) is 0.964. The van der Waals surface area contributed by atoms with Crippen LogP contribution in [0.2, 0.25) is 0 Å². The third-order valence-electron chi connectivity index (χ3n) is 2.27. The number of methoxy groups -OCH3 is 1. The van der Waals surface area contributed by atoms with Gasteiger partial charge in [-0.3, -0.25) is 10.1 Å². The van der Waals surface area contributed by atoms with Crippen molar-refractivity contribution in [3.63, 3.8) is 0 Å². The van der Waals surface area contributed by atoms with Crippen molar-refractivity contribution in [3.05, 3.63) is 52.0 Å². The summed E-state index contributed by atoms with van der Waals surface area (Å²) in [6.45, 7) is 0. The first-order valence-corrected chi connectivity index (χ1v) is 4.79. The lowest BCUT2D eigenvalue weighted by Gasteiger charge is -2.18. The maximum atomic E-state index is 10.5. The van der Waals surface area contributed by atoms with Crippen molar-refractivity contribution in [2.45, 2.75) is 0 Å². The molecule has 2 N–H and O–H groups in total. The summed E-state index contributed by atoms with van der Waals surface area (Å²) in [5, 5.41) is 10.5. The van der Waals surface area contributed by atoms with Crippen molar-refractivity contribution in [2.24, 2.45) is 5.73 Å². The highest BCUT2D eigenvalue weighted by atomic mass is 16.6. The van der Waals surface area contributed by atoms with Gasteiger partial charge < -0.3 is 15.2 Å². The van der Waals surface area contributed by atoms with E-state index in [1.54, 1.807) is 18.2 Å². The van der Waals surface area contributed by atoms with Crippen LogP contribution in [0.25, 0.3) is 5.57 Å². The summed E-state index contributed by atoms with van der Waals surface area (Å²) in [4.78, 5) is 9.99. The van der Waals surface area contributed by atoms with Gasteiger partial charge in [0.05, 0.1) is 17.6 Å². The Morgan fingerprint density at radius 3 is 2.94 bits per heavy atom. The Kier molecular flexibility index (Phi) is 2.70. The number of hydrogen-bond donors (Lipinski definition) is 1. The Hall–Kier alpha value is -2.50. The summed E-state index contributed by atoms with van der Waals surface area (Å²) in [6.07, 6.45) is 2.29. The molecule has 6 nitrogen and oxygen atoms in total. The minimum atomic E-state index is -0.534. The van der Waals surface area contributed by atoms with Crippen LogP contribution in [0.15, 0.2) is 36.4 Å². The van der Waals surface area contributed by atoms with Crippen LogP contribution in [0.3, 0.4) is 0 Å². The summed E-state index contributed by atoms with van der Waals surface area (Å²) in [6, 6.07) is 5.13. The smallest absolute Gasteiger partial charge is 0.242 e. The topological polar surface area (TPSA) is 87.6 Å². The first kappa shape index (κ1) is 11.0. The van der Waals surface area contributed by atoms with Gasteiger partial charge in [-0.1, -0.05) is 12.1 Å². The maximum absolute atomic E-state index is 10.5. The number of nitrogens with two attached hydrogens (primary N) is 1. The molecule has 0 saturated carbocycles. The molecule has 0 amide bonds. The van der Waals surface area contributed by atoms with Gasteiger partial charge in [-0.15, -0.1) is 0 Å². The number of ether oxygens (including phenoxy) is 2. The molecule has 0 saturated heterocycles. The molecule has 6 heteroatoms. The van der Waals surface area contributed by atoms with E-state index in [0.29, 0.717) is 22.6 Å². The zero-order valence-corrected chi connectivity index (χ0v) is 9.04. The third kappa shape index (κ3) is 2.05. The standard InChI is InChI=1S/C11H10N2O4/c1-16-9-4-2-3-8-7(6-13(14)15)5-10(12)17-11(8)9/h2-6H,12H2,1H3/b7-6+. The Morgan fingerprint density at radius 1 is 1.53 bits per heavy atom. The molecule has 0 fully saturated rings. The van der Waals surface area contributed by atoms with Crippen LogP contribution in [0.4, 0.5) is 0 Å². The number of fused-ring (bicyclic) bond motifs is 1. The van der Waals surface area contributed by atoms with Gasteiger partial charge in [-0.25, -0.2) is 0 Å². The number of benzene rings is 1. The first-order chi connectivity index (χ1) is 8.11. The highest BCUT2D eigenvalue weighted by Crippen LogP contribution is 2.39. The van der Waals surface area contributed by atoms with Crippen LogP contribution < -0.4 is 15.2 Å². The average Bonchev–Trinajstić information content (AvgIpc) is 2.27. The normalized spacial score (nSPS) is 15.8. The lowest BCUT2D eigenvalue weighted by Crippen LogP contribution is -2.12. The molecule has 0 atom stereocenters. The van der Waals surface area contributed by atoms with E-state index in [1.807, 2.05) is 0 Å². The fourth-order valence-electron chi connectivity index (χ4n) is 1.61. The average molecular weight is 234 g/mol. The van der Waals surface area contributed by atoms with E-state index in [2.05, 4.69) is 0 Å². The molecule has 1 heterocycles. The molecule has 0 aromatic heterocycles. The molecule has 88 valence electrons. The molecule has 0 radical (unpaired) electrons. The van der Waals surface area contributed by atoms with Crippen LogP contribution in [0, 0.1) is 10.1 Å². The highest BCUT2D eigenvalue weighted by molar-refractivity contribution is 5.81. The zero-order chi connectivity index (χ0) is 12.4. The van der Waals surface area contributed by atoms with Gasteiger partial charge in [0.2, 0.25) is 6.20 Å². The predicted octanol–water partition coefficient (Wildman–Crippen LogP) is 1.51. The molecule has 17 heavy (non-hydrogen) atoms. The SMILES string of the molecule is COc1cccc2c1OC(N)=C/C2=C\[N+](=O)[O-]. The summed E-state index contributed by atoms with van der Waals surface area (Å²) >= 11 is 0. The number of nitro groups is 1. The molecule has 0 spiro atoms. The van der Waals surface area contributed by atoms with E-state index in [-0.39, 0.29) is 5.88 Å². The van der Waals surface area contributed by atoms with Crippen molar-refractivity contribution in [3.8, 4) is 11.5 Å². The number of hydrogen-bond acceptors (Lipinski definition) is 5. The third-order valence-corrected chi connectivity index (χ3v) is 2.27. The molecule has 1 aliphatic rings. The van der Waals surface area contributed by atoms with E-state index < -0.39 is 4.92 Å². The van der Waals surface area contributed by atoms with Crippen LogP contribution >= 0.6 is 0 Å². The Balaban J connectivity index is 2.60. The molecule has 0 bridgehead atoms. The van der Waals surface area contributed by atoms with Gasteiger partial charge in [0, 0.05) is 11.6 Å². The second kappa shape index (κ2) is 4.17. The minimum absolute atomic E-state index is 0.0927. The van der Waals surface area contributed by atoms with Gasteiger partial charge in [-0.2, -0.15) is 0 Å². The Morgan fingerprint density at radius 2 is 2.29 bits per heavy atom. The highest BCUT2D eigenvalue weighted by Gasteiger charge is 2.21. The van der Waals surface area contributed by atoms with Crippen molar-refractivity contribution in [2.75, 3.05) is 7.11 Å². The molecule has 1 aromatic carbocycles. The van der Waals surface area contributed by atoms with E-state index in [1.165, 1.54) is 13.2 Å². The summed E-state index contributed by atoms with van der Waals surface area (Å²) in [7, 11) is 1.49. The van der Waals surface area contributed by atoms with Crippen LogP contribution in [-0.4, -0.2) is 12.0 Å². The van der Waals surface area contributed by atoms with Crippen molar-refractivity contribution >= 4 is 5.57 Å². The van der Waals surface area contributed by atoms with Gasteiger partial charge in [0.15, 0.2) is 17.4 Å². The number of nitrogens with zero attached hydrogens (tertiary/aromatic N) is 1. The summed E-state index contributed by atoms with van der Waals surface area (Å²) in [5.41, 5.74) is 6.52. The molecule has 1 aliphatic heterocycles. The van der Waals surface area contributed by atoms with Crippen molar-refractivity contribution in [1.29, 1.82) is 0 Å². The van der Waals surface area contributed by atoms with E-state index >= 15 is 0 Å². The van der Waals surface area contributed by atoms with Gasteiger partial charge >= 0.3 is 0 Å². The van der Waals surface area contributed by atoms with Gasteiger partial charge in [0.1, 0.15) is 0 Å². The van der Waals surface area contributed by atoms with E-state index in [4.69, 9.17) is 15.2 Å². The number of rotatable bonds is 2. The van der Waals surface area contributed by atoms with Gasteiger partial charge in [0.25, 0.3) is 0 Å². The quantitative estimate of drug-likeness (QED) is 0.618. The van der Waals surface area contributed by atoms with E-state index in [0.717, 1.165) is 6.20 Å². The largest absolute Gasteiger partial charge is 0.493 e. The minimum Gasteiger partial charge on any atom is -0.493 e. The molecule has 0 aliphatic carbocycles. The second-order valence-electron chi connectivity index (χ2n) is 3.36. The molecule has 1 aromatic rings. The monoisotopic (exact) mass is 234 g/mol. The second-order valence-corrected chi connectivity index (χ2v) is 3.36. The lowest BCUT2D eigenvalue weighted by atomic mass is 10.0. The fourth-order valence-corrected chi connectivity index (χ4v) is 1.61. The van der Waals surface area contributed by atoms with Crippen LogP contribution in [-0.2, 0) is 0 Å². The van der Waals surface area contributed by atoms with E-state index in [9.17, 15) is 10.1 Å². The lowest BCUT2D eigenvalue weighted by molar-refractivity contribution is -0.401. The number of para-hydroxylation sites is 1. The first-order valence-electron chi connectivity index (χ1n) is 4.79. The van der Waals surface area contributed by atoms with Crippen LogP contribution in [0.1, 0.15) is 5.56 Å². The van der Waals surface area contributed by atoms with Crippen molar-refractivity contribution < 1.29 is 14.4 Å². The molecule has 2 rings (SSSR count). The summed E-state index contributed by atoms with van der Waals surface area (Å²) < 4.78 is 10.4. The van der Waals surface area contributed by atoms with Crippen molar-refractivity contribution in [1.82, 2.24) is 0 Å². The maximum Gasteiger partial charge on any atom is 0.242 e.